The fraction of sp³-hybridized carbons (Fsp3) is 0.316. The van der Waals surface area contributed by atoms with Gasteiger partial charge >= 0.3 is 0 Å². The van der Waals surface area contributed by atoms with Gasteiger partial charge in [0.05, 0.1) is 23.4 Å². The largest absolute Gasteiger partial charge is 0.497 e. The minimum absolute atomic E-state index is 0.152. The highest BCUT2D eigenvalue weighted by molar-refractivity contribution is 8.00. The summed E-state index contributed by atoms with van der Waals surface area (Å²) in [5.74, 6) is 0.179. The summed E-state index contributed by atoms with van der Waals surface area (Å²) >= 11 is 2.70. The van der Waals surface area contributed by atoms with E-state index < -0.39 is 11.2 Å². The monoisotopic (exact) mass is 403 g/mol. The third-order valence-electron chi connectivity index (χ3n) is 4.35. The molecule has 3 rings (SSSR count). The summed E-state index contributed by atoms with van der Waals surface area (Å²) in [6.07, 6.45) is 0.839. The van der Waals surface area contributed by atoms with Gasteiger partial charge < -0.3 is 10.5 Å². The summed E-state index contributed by atoms with van der Waals surface area (Å²) in [7, 11) is 1.57. The molecule has 3 aromatic rings. The first kappa shape index (κ1) is 19.4. The van der Waals surface area contributed by atoms with Gasteiger partial charge in [-0.25, -0.2) is 4.98 Å². The molecule has 2 aromatic heterocycles. The molecule has 27 heavy (non-hydrogen) atoms. The Balaban J connectivity index is 2.33. The summed E-state index contributed by atoms with van der Waals surface area (Å²) in [6.45, 7) is 5.72. The molecule has 142 valence electrons. The van der Waals surface area contributed by atoms with Gasteiger partial charge in [-0.2, -0.15) is 0 Å². The lowest BCUT2D eigenvalue weighted by Crippen LogP contribution is -2.26. The average molecular weight is 404 g/mol. The van der Waals surface area contributed by atoms with Gasteiger partial charge in [0.2, 0.25) is 5.91 Å². The minimum Gasteiger partial charge on any atom is -0.497 e. The van der Waals surface area contributed by atoms with Crippen LogP contribution in [0.3, 0.4) is 0 Å². The molecule has 0 aliphatic carbocycles. The first-order valence-corrected chi connectivity index (χ1v) is 10.2. The van der Waals surface area contributed by atoms with E-state index in [1.807, 2.05) is 25.1 Å². The number of nitrogens with zero attached hydrogens (tertiary/aromatic N) is 2. The number of nitrogens with two attached hydrogens (primary N) is 1. The Labute approximate surface area is 165 Å². The fourth-order valence-corrected chi connectivity index (χ4v) is 4.86. The number of amides is 1. The van der Waals surface area contributed by atoms with E-state index in [-0.39, 0.29) is 5.56 Å². The predicted octanol–water partition coefficient (Wildman–Crippen LogP) is 3.29. The van der Waals surface area contributed by atoms with E-state index in [2.05, 4.69) is 6.92 Å². The highest BCUT2D eigenvalue weighted by Gasteiger charge is 2.21. The zero-order valence-electron chi connectivity index (χ0n) is 15.6. The third kappa shape index (κ3) is 3.59. The zero-order chi connectivity index (χ0) is 19.7. The molecule has 0 saturated carbocycles. The minimum atomic E-state index is -0.516. The van der Waals surface area contributed by atoms with Crippen LogP contribution in [0.25, 0.3) is 15.9 Å². The summed E-state index contributed by atoms with van der Waals surface area (Å²) in [6, 6.07) is 7.22. The van der Waals surface area contributed by atoms with Gasteiger partial charge in [0, 0.05) is 10.9 Å². The van der Waals surface area contributed by atoms with E-state index in [1.165, 1.54) is 27.7 Å². The predicted molar refractivity (Wildman–Crippen MR) is 110 cm³/mol. The molecule has 1 amide bonds. The Morgan fingerprint density at radius 2 is 2.19 bits per heavy atom. The average Bonchev–Trinajstić information content (AvgIpc) is 2.97. The second-order valence-electron chi connectivity index (χ2n) is 6.08. The van der Waals surface area contributed by atoms with E-state index in [9.17, 15) is 9.59 Å². The normalized spacial score (nSPS) is 12.3. The van der Waals surface area contributed by atoms with E-state index in [4.69, 9.17) is 15.5 Å². The summed E-state index contributed by atoms with van der Waals surface area (Å²) in [5.41, 5.74) is 6.87. The first-order valence-electron chi connectivity index (χ1n) is 8.52. The Morgan fingerprint density at radius 1 is 1.44 bits per heavy atom. The maximum Gasteiger partial charge on any atom is 0.267 e. The van der Waals surface area contributed by atoms with E-state index >= 15 is 0 Å². The molecule has 0 radical (unpaired) electrons. The van der Waals surface area contributed by atoms with E-state index in [1.54, 1.807) is 20.1 Å². The number of hydrogen-bond donors (Lipinski definition) is 1. The van der Waals surface area contributed by atoms with Crippen LogP contribution in [0.2, 0.25) is 0 Å². The smallest absolute Gasteiger partial charge is 0.267 e. The maximum absolute atomic E-state index is 13.4. The number of rotatable bonds is 6. The van der Waals surface area contributed by atoms with Crippen LogP contribution in [0.15, 0.2) is 34.2 Å². The lowest BCUT2D eigenvalue weighted by atomic mass is 10.2. The van der Waals surface area contributed by atoms with Crippen LogP contribution >= 0.6 is 23.1 Å². The highest BCUT2D eigenvalue weighted by atomic mass is 32.2. The van der Waals surface area contributed by atoms with Crippen molar-refractivity contribution in [2.75, 3.05) is 7.11 Å². The SMILES string of the molecule is CCc1sc2nc(SC(C)C(N)=O)n(-c3cccc(OC)c3)c(=O)c2c1C. The van der Waals surface area contributed by atoms with Crippen molar-refractivity contribution in [1.82, 2.24) is 9.55 Å². The van der Waals surface area contributed by atoms with Crippen molar-refractivity contribution < 1.29 is 9.53 Å². The fourth-order valence-electron chi connectivity index (χ4n) is 2.82. The number of fused-ring (bicyclic) bond motifs is 1. The lowest BCUT2D eigenvalue weighted by molar-refractivity contribution is -0.117. The Morgan fingerprint density at radius 3 is 2.81 bits per heavy atom. The summed E-state index contributed by atoms with van der Waals surface area (Å²) in [5, 5.41) is 0.546. The van der Waals surface area contributed by atoms with Gasteiger partial charge in [0.25, 0.3) is 5.56 Å². The topological polar surface area (TPSA) is 87.2 Å². The van der Waals surface area contributed by atoms with Gasteiger partial charge in [0.1, 0.15) is 10.6 Å². The molecule has 2 heterocycles. The van der Waals surface area contributed by atoms with Gasteiger partial charge in [-0.05, 0) is 38.0 Å². The van der Waals surface area contributed by atoms with Crippen molar-refractivity contribution in [2.24, 2.45) is 5.73 Å². The number of primary amides is 1. The van der Waals surface area contributed by atoms with Crippen LogP contribution in [-0.2, 0) is 11.2 Å². The third-order valence-corrected chi connectivity index (χ3v) is 6.75. The van der Waals surface area contributed by atoms with Crippen LogP contribution in [0, 0.1) is 6.92 Å². The van der Waals surface area contributed by atoms with Crippen LogP contribution in [-0.4, -0.2) is 27.8 Å². The number of benzene rings is 1. The van der Waals surface area contributed by atoms with Gasteiger partial charge in [0.15, 0.2) is 5.16 Å². The molecule has 6 nitrogen and oxygen atoms in total. The van der Waals surface area contributed by atoms with Gasteiger partial charge in [-0.3, -0.25) is 14.2 Å². The lowest BCUT2D eigenvalue weighted by Gasteiger charge is -2.15. The number of thiophene rings is 1. The second kappa shape index (κ2) is 7.74. The van der Waals surface area contributed by atoms with Crippen molar-refractivity contribution in [1.29, 1.82) is 0 Å². The van der Waals surface area contributed by atoms with Crippen LogP contribution < -0.4 is 16.0 Å². The number of hydrogen-bond acceptors (Lipinski definition) is 6. The molecular weight excluding hydrogens is 382 g/mol. The van der Waals surface area contributed by atoms with Crippen LogP contribution in [0.4, 0.5) is 0 Å². The first-order chi connectivity index (χ1) is 12.9. The van der Waals surface area contributed by atoms with Crippen LogP contribution in [0.1, 0.15) is 24.3 Å². The van der Waals surface area contributed by atoms with Crippen molar-refractivity contribution in [3.8, 4) is 11.4 Å². The Kier molecular flexibility index (Phi) is 5.57. The molecule has 2 N–H and O–H groups in total. The number of aryl methyl sites for hydroxylation is 2. The van der Waals surface area contributed by atoms with Crippen molar-refractivity contribution in [3.05, 3.63) is 45.1 Å². The van der Waals surface area contributed by atoms with Gasteiger partial charge in [-0.1, -0.05) is 24.8 Å². The standard InChI is InChI=1S/C19H21N3O3S2/c1-5-14-10(2)15-17(27-14)21-19(26-11(3)16(20)23)22(18(15)24)12-7-6-8-13(9-12)25-4/h6-9,11H,5H2,1-4H3,(H2,20,23). The van der Waals surface area contributed by atoms with E-state index in [0.29, 0.717) is 26.8 Å². The maximum atomic E-state index is 13.4. The van der Waals surface area contributed by atoms with Crippen molar-refractivity contribution in [3.63, 3.8) is 0 Å². The number of aromatic nitrogens is 2. The Bertz CT molecular complexity index is 1070. The second-order valence-corrected chi connectivity index (χ2v) is 8.47. The van der Waals surface area contributed by atoms with Crippen LogP contribution in [0.5, 0.6) is 5.75 Å². The molecular formula is C19H21N3O3S2. The van der Waals surface area contributed by atoms with Crippen molar-refractivity contribution >= 4 is 39.2 Å². The number of carbonyl (C=O) groups is 1. The Hall–Kier alpha value is -2.32. The molecule has 1 unspecified atom stereocenters. The van der Waals surface area contributed by atoms with Crippen molar-refractivity contribution in [2.45, 2.75) is 37.6 Å². The molecule has 0 fully saturated rings. The number of ether oxygens (including phenoxy) is 1. The molecule has 0 spiro atoms. The molecule has 1 aromatic carbocycles. The quantitative estimate of drug-likeness (QED) is 0.504. The molecule has 0 bridgehead atoms. The number of methoxy groups -OCH3 is 1. The molecule has 0 saturated heterocycles. The molecule has 8 heteroatoms. The molecule has 0 aliphatic heterocycles. The zero-order valence-corrected chi connectivity index (χ0v) is 17.2. The summed E-state index contributed by atoms with van der Waals surface area (Å²) in [4.78, 5) is 31.5. The number of thioether (sulfide) groups is 1. The number of carbonyl (C=O) groups excluding carboxylic acids is 1. The van der Waals surface area contributed by atoms with Gasteiger partial charge in [-0.15, -0.1) is 11.3 Å². The molecule has 0 aliphatic rings. The van der Waals surface area contributed by atoms with E-state index in [0.717, 1.165) is 16.9 Å². The summed E-state index contributed by atoms with van der Waals surface area (Å²) < 4.78 is 6.83. The highest BCUT2D eigenvalue weighted by Crippen LogP contribution is 2.32. The molecule has 1 atom stereocenters.